The van der Waals surface area contributed by atoms with Crippen LogP contribution in [-0.4, -0.2) is 40.6 Å². The van der Waals surface area contributed by atoms with Crippen LogP contribution in [-0.2, 0) is 0 Å². The van der Waals surface area contributed by atoms with Gasteiger partial charge in [-0.3, -0.25) is 9.88 Å². The van der Waals surface area contributed by atoms with Crippen molar-refractivity contribution in [2.24, 2.45) is 5.73 Å². The normalized spacial score (nSPS) is 18.9. The van der Waals surface area contributed by atoms with E-state index in [0.717, 1.165) is 18.8 Å². The van der Waals surface area contributed by atoms with Gasteiger partial charge in [-0.05, 0) is 39.8 Å². The van der Waals surface area contributed by atoms with Gasteiger partial charge in [-0.25, -0.2) is 4.98 Å². The van der Waals surface area contributed by atoms with Crippen LogP contribution in [0.4, 0.5) is 0 Å². The summed E-state index contributed by atoms with van der Waals surface area (Å²) in [7, 11) is 1.60. The highest BCUT2D eigenvalue weighted by Gasteiger charge is 2.37. The van der Waals surface area contributed by atoms with E-state index in [4.69, 9.17) is 10.5 Å². The Balaban J connectivity index is 2.26. The second-order valence-corrected chi connectivity index (χ2v) is 5.28. The number of hydrogen-bond acceptors (Lipinski definition) is 5. The maximum atomic E-state index is 6.40. The molecule has 0 aliphatic carbocycles. The number of nitrogens with zero attached hydrogens (tertiary/aromatic N) is 3. The van der Waals surface area contributed by atoms with E-state index in [2.05, 4.69) is 28.7 Å². The zero-order valence-corrected chi connectivity index (χ0v) is 11.4. The highest BCUT2D eigenvalue weighted by molar-refractivity contribution is 5.24. The summed E-state index contributed by atoms with van der Waals surface area (Å²) in [4.78, 5) is 10.9. The molecule has 0 amide bonds. The second-order valence-electron chi connectivity index (χ2n) is 5.28. The van der Waals surface area contributed by atoms with Gasteiger partial charge in [-0.1, -0.05) is 0 Å². The zero-order chi connectivity index (χ0) is 13.2. The molecule has 5 heteroatoms. The molecule has 1 aliphatic heterocycles. The van der Waals surface area contributed by atoms with Crippen LogP contribution in [0.15, 0.2) is 12.4 Å². The minimum absolute atomic E-state index is 0.139. The van der Waals surface area contributed by atoms with Crippen molar-refractivity contribution in [2.45, 2.75) is 38.3 Å². The van der Waals surface area contributed by atoms with Crippen LogP contribution in [0.1, 0.15) is 38.4 Å². The van der Waals surface area contributed by atoms with E-state index in [1.165, 1.54) is 12.8 Å². The fraction of sp³-hybridized carbons (Fsp3) is 0.692. The SMILES string of the molecule is COc1nccnc1C(N)C(C)(C)N1CCCC1. The van der Waals surface area contributed by atoms with E-state index in [1.54, 1.807) is 19.5 Å². The third-order valence-corrected chi connectivity index (χ3v) is 3.86. The molecule has 0 aromatic carbocycles. The van der Waals surface area contributed by atoms with E-state index in [1.807, 2.05) is 0 Å². The topological polar surface area (TPSA) is 64.3 Å². The molecule has 1 aliphatic rings. The molecule has 2 rings (SSSR count). The smallest absolute Gasteiger partial charge is 0.237 e. The number of rotatable bonds is 4. The third-order valence-electron chi connectivity index (χ3n) is 3.86. The fourth-order valence-corrected chi connectivity index (χ4v) is 2.53. The molecule has 0 radical (unpaired) electrons. The van der Waals surface area contributed by atoms with Gasteiger partial charge >= 0.3 is 0 Å². The molecular formula is C13H22N4O. The van der Waals surface area contributed by atoms with Crippen molar-refractivity contribution in [3.05, 3.63) is 18.1 Å². The quantitative estimate of drug-likeness (QED) is 0.874. The average Bonchev–Trinajstić information content (AvgIpc) is 2.92. The third kappa shape index (κ3) is 2.33. The average molecular weight is 250 g/mol. The van der Waals surface area contributed by atoms with Gasteiger partial charge in [-0.2, -0.15) is 0 Å². The van der Waals surface area contributed by atoms with Crippen molar-refractivity contribution in [1.82, 2.24) is 14.9 Å². The summed E-state index contributed by atoms with van der Waals surface area (Å²) >= 11 is 0. The molecule has 1 aromatic rings. The summed E-state index contributed by atoms with van der Waals surface area (Å²) in [5.74, 6) is 0.525. The Morgan fingerprint density at radius 3 is 2.50 bits per heavy atom. The Kier molecular flexibility index (Phi) is 3.82. The van der Waals surface area contributed by atoms with Gasteiger partial charge in [0, 0.05) is 17.9 Å². The van der Waals surface area contributed by atoms with E-state index in [-0.39, 0.29) is 11.6 Å². The Morgan fingerprint density at radius 2 is 1.89 bits per heavy atom. The van der Waals surface area contributed by atoms with Crippen LogP contribution in [0.5, 0.6) is 5.88 Å². The Morgan fingerprint density at radius 1 is 1.28 bits per heavy atom. The van der Waals surface area contributed by atoms with E-state index in [9.17, 15) is 0 Å². The van der Waals surface area contributed by atoms with E-state index >= 15 is 0 Å². The number of nitrogens with two attached hydrogens (primary N) is 1. The zero-order valence-electron chi connectivity index (χ0n) is 11.4. The highest BCUT2D eigenvalue weighted by Crippen LogP contribution is 2.33. The van der Waals surface area contributed by atoms with E-state index in [0.29, 0.717) is 5.88 Å². The first-order valence-electron chi connectivity index (χ1n) is 6.43. The number of aromatic nitrogens is 2. The molecule has 2 N–H and O–H groups in total. The van der Waals surface area contributed by atoms with Crippen molar-refractivity contribution >= 4 is 0 Å². The number of ether oxygens (including phenoxy) is 1. The maximum absolute atomic E-state index is 6.40. The Hall–Kier alpha value is -1.20. The lowest BCUT2D eigenvalue weighted by molar-refractivity contribution is 0.120. The molecule has 0 bridgehead atoms. The monoisotopic (exact) mass is 250 g/mol. The van der Waals surface area contributed by atoms with Gasteiger partial charge in [0.05, 0.1) is 13.2 Å². The number of hydrogen-bond donors (Lipinski definition) is 1. The maximum Gasteiger partial charge on any atom is 0.237 e. The highest BCUT2D eigenvalue weighted by atomic mass is 16.5. The molecule has 2 heterocycles. The number of likely N-dealkylation sites (tertiary alicyclic amines) is 1. The van der Waals surface area contributed by atoms with Crippen molar-refractivity contribution in [3.63, 3.8) is 0 Å². The molecule has 100 valence electrons. The molecule has 18 heavy (non-hydrogen) atoms. The van der Waals surface area contributed by atoms with Crippen molar-refractivity contribution in [2.75, 3.05) is 20.2 Å². The van der Waals surface area contributed by atoms with Gasteiger partial charge in [0.15, 0.2) is 0 Å². The molecule has 0 spiro atoms. The first-order valence-corrected chi connectivity index (χ1v) is 6.43. The van der Waals surface area contributed by atoms with Gasteiger partial charge in [-0.15, -0.1) is 0 Å². The van der Waals surface area contributed by atoms with Gasteiger partial charge in [0.1, 0.15) is 5.69 Å². The minimum atomic E-state index is -0.209. The van der Waals surface area contributed by atoms with Gasteiger partial charge in [0.25, 0.3) is 0 Å². The summed E-state index contributed by atoms with van der Waals surface area (Å²) in [5, 5.41) is 0. The predicted octanol–water partition coefficient (Wildman–Crippen LogP) is 1.36. The lowest BCUT2D eigenvalue weighted by Gasteiger charge is -2.40. The van der Waals surface area contributed by atoms with Crippen LogP contribution < -0.4 is 10.5 Å². The lowest BCUT2D eigenvalue weighted by Crippen LogP contribution is -2.50. The largest absolute Gasteiger partial charge is 0.480 e. The van der Waals surface area contributed by atoms with Crippen LogP contribution >= 0.6 is 0 Å². The molecule has 5 nitrogen and oxygen atoms in total. The lowest BCUT2D eigenvalue weighted by atomic mass is 9.90. The summed E-state index contributed by atoms with van der Waals surface area (Å²) in [6, 6.07) is -0.209. The summed E-state index contributed by atoms with van der Waals surface area (Å²) < 4.78 is 5.25. The van der Waals surface area contributed by atoms with Crippen LogP contribution in [0.2, 0.25) is 0 Å². The van der Waals surface area contributed by atoms with Crippen LogP contribution in [0.3, 0.4) is 0 Å². The Labute approximate surface area is 108 Å². The first kappa shape index (κ1) is 13.2. The summed E-state index contributed by atoms with van der Waals surface area (Å²) in [5.41, 5.74) is 7.00. The number of methoxy groups -OCH3 is 1. The van der Waals surface area contributed by atoms with Gasteiger partial charge < -0.3 is 10.5 Å². The Bertz CT molecular complexity index is 402. The molecule has 1 atom stereocenters. The summed E-state index contributed by atoms with van der Waals surface area (Å²) in [6.45, 7) is 6.53. The minimum Gasteiger partial charge on any atom is -0.480 e. The predicted molar refractivity (Wildman–Crippen MR) is 70.4 cm³/mol. The molecule has 1 saturated heterocycles. The molecular weight excluding hydrogens is 228 g/mol. The molecule has 0 saturated carbocycles. The standard InChI is InChI=1S/C13H22N4O/c1-13(2,17-8-4-5-9-17)11(14)10-12(18-3)16-7-6-15-10/h6-7,11H,4-5,8-9,14H2,1-3H3. The molecule has 1 unspecified atom stereocenters. The molecule has 1 fully saturated rings. The fourth-order valence-electron chi connectivity index (χ4n) is 2.53. The van der Waals surface area contributed by atoms with Crippen molar-refractivity contribution in [1.29, 1.82) is 0 Å². The summed E-state index contributed by atoms with van der Waals surface area (Å²) in [6.07, 6.45) is 5.77. The van der Waals surface area contributed by atoms with Crippen LogP contribution in [0, 0.1) is 0 Å². The second kappa shape index (κ2) is 5.20. The van der Waals surface area contributed by atoms with E-state index < -0.39 is 0 Å². The molecule has 1 aromatic heterocycles. The van der Waals surface area contributed by atoms with Crippen molar-refractivity contribution < 1.29 is 4.74 Å². The van der Waals surface area contributed by atoms with Crippen LogP contribution in [0.25, 0.3) is 0 Å². The van der Waals surface area contributed by atoms with Crippen molar-refractivity contribution in [3.8, 4) is 5.88 Å². The first-order chi connectivity index (χ1) is 8.57. The van der Waals surface area contributed by atoms with Gasteiger partial charge in [0.2, 0.25) is 5.88 Å².